The van der Waals surface area contributed by atoms with Gasteiger partial charge in [0.05, 0.1) is 23.8 Å². The maximum Gasteiger partial charge on any atom is 0.337 e. The van der Waals surface area contributed by atoms with E-state index in [9.17, 15) is 14.7 Å². The summed E-state index contributed by atoms with van der Waals surface area (Å²) in [6.45, 7) is 1.81. The third-order valence-corrected chi connectivity index (χ3v) is 6.38. The van der Waals surface area contributed by atoms with Crippen molar-refractivity contribution >= 4 is 17.6 Å². The van der Waals surface area contributed by atoms with E-state index in [0.717, 1.165) is 29.7 Å². The Balaban J connectivity index is 1.29. The van der Waals surface area contributed by atoms with E-state index in [2.05, 4.69) is 5.32 Å². The molecule has 188 valence electrons. The highest BCUT2D eigenvalue weighted by Gasteiger charge is 2.14. The number of nitrogens with one attached hydrogen (secondary N) is 1. The molecule has 1 amide bonds. The van der Waals surface area contributed by atoms with Crippen molar-refractivity contribution in [3.05, 3.63) is 83.4 Å². The molecule has 0 bridgehead atoms. The van der Waals surface area contributed by atoms with Gasteiger partial charge < -0.3 is 19.9 Å². The lowest BCUT2D eigenvalue weighted by Crippen LogP contribution is -2.17. The molecule has 1 aliphatic rings. The van der Waals surface area contributed by atoms with E-state index in [4.69, 9.17) is 9.47 Å². The first-order valence-corrected chi connectivity index (χ1v) is 12.6. The Hall–Kier alpha value is -3.80. The smallest absolute Gasteiger partial charge is 0.337 e. The molecule has 0 aliphatic heterocycles. The van der Waals surface area contributed by atoms with Gasteiger partial charge in [-0.05, 0) is 86.7 Å². The van der Waals surface area contributed by atoms with Crippen molar-refractivity contribution in [2.45, 2.75) is 64.4 Å². The van der Waals surface area contributed by atoms with Crippen LogP contribution >= 0.6 is 0 Å². The molecule has 0 saturated heterocycles. The molecule has 0 spiro atoms. The Morgan fingerprint density at radius 3 is 2.06 bits per heavy atom. The van der Waals surface area contributed by atoms with Crippen LogP contribution in [0.1, 0.15) is 66.4 Å². The molecule has 3 aromatic rings. The van der Waals surface area contributed by atoms with Gasteiger partial charge in [0.25, 0.3) is 0 Å². The maximum absolute atomic E-state index is 12.5. The van der Waals surface area contributed by atoms with Crippen molar-refractivity contribution in [3.8, 4) is 17.2 Å². The molecule has 0 radical (unpaired) electrons. The van der Waals surface area contributed by atoms with Gasteiger partial charge in [0.2, 0.25) is 5.91 Å². The summed E-state index contributed by atoms with van der Waals surface area (Å²) >= 11 is 0. The Morgan fingerprint density at radius 2 is 1.42 bits per heavy atom. The fourth-order valence-corrected chi connectivity index (χ4v) is 4.45. The first-order chi connectivity index (χ1) is 17.5. The molecule has 6 nitrogen and oxygen atoms in total. The van der Waals surface area contributed by atoms with Gasteiger partial charge in [-0.2, -0.15) is 0 Å². The molecular formula is C30H33NO5. The number of hydrogen-bond acceptors (Lipinski definition) is 4. The zero-order chi connectivity index (χ0) is 25.3. The molecule has 0 aromatic heterocycles. The third kappa shape index (κ3) is 7.35. The van der Waals surface area contributed by atoms with Crippen LogP contribution in [0.2, 0.25) is 0 Å². The Kier molecular flexibility index (Phi) is 8.61. The monoisotopic (exact) mass is 487 g/mol. The maximum atomic E-state index is 12.5. The van der Waals surface area contributed by atoms with Crippen LogP contribution in [0.5, 0.6) is 17.2 Å². The van der Waals surface area contributed by atoms with Gasteiger partial charge in [0, 0.05) is 0 Å². The number of rotatable bonds is 8. The minimum Gasteiger partial charge on any atom is -0.490 e. The van der Waals surface area contributed by atoms with Crippen LogP contribution in [0.25, 0.3) is 0 Å². The number of anilines is 1. The summed E-state index contributed by atoms with van der Waals surface area (Å²) < 4.78 is 12.1. The van der Waals surface area contributed by atoms with Crippen LogP contribution < -0.4 is 14.8 Å². The average Bonchev–Trinajstić information content (AvgIpc) is 2.84. The molecule has 1 saturated carbocycles. The number of aryl methyl sites for hydroxylation is 1. The fraction of sp³-hybridized carbons (Fsp3) is 0.333. The predicted molar refractivity (Wildman–Crippen MR) is 140 cm³/mol. The zero-order valence-corrected chi connectivity index (χ0v) is 20.7. The molecule has 0 atom stereocenters. The number of carbonyl (C=O) groups excluding carboxylic acids is 1. The van der Waals surface area contributed by atoms with E-state index in [1.807, 2.05) is 55.5 Å². The van der Waals surface area contributed by atoms with Gasteiger partial charge in [0.15, 0.2) is 0 Å². The van der Waals surface area contributed by atoms with Gasteiger partial charge in [-0.3, -0.25) is 4.79 Å². The third-order valence-electron chi connectivity index (χ3n) is 6.38. The van der Waals surface area contributed by atoms with Gasteiger partial charge in [-0.1, -0.05) is 43.0 Å². The molecule has 4 rings (SSSR count). The van der Waals surface area contributed by atoms with Crippen LogP contribution in [-0.4, -0.2) is 23.1 Å². The van der Waals surface area contributed by atoms with Gasteiger partial charge >= 0.3 is 5.97 Å². The van der Waals surface area contributed by atoms with E-state index in [1.54, 1.807) is 18.2 Å². The minimum absolute atomic E-state index is 0.0770. The molecule has 1 aliphatic carbocycles. The van der Waals surface area contributed by atoms with Crippen molar-refractivity contribution in [1.82, 2.24) is 0 Å². The second-order valence-electron chi connectivity index (χ2n) is 9.38. The zero-order valence-electron chi connectivity index (χ0n) is 20.7. The highest BCUT2D eigenvalue weighted by molar-refractivity contribution is 6.01. The number of amides is 1. The normalized spacial score (nSPS) is 14.4. The quantitative estimate of drug-likeness (QED) is 0.352. The number of hydrogen-bond donors (Lipinski definition) is 2. The van der Waals surface area contributed by atoms with Crippen molar-refractivity contribution in [1.29, 1.82) is 0 Å². The second-order valence-corrected chi connectivity index (χ2v) is 9.38. The summed E-state index contributed by atoms with van der Waals surface area (Å²) in [7, 11) is 0. The Bertz CT molecular complexity index is 1160. The Labute approximate surface area is 212 Å². The largest absolute Gasteiger partial charge is 0.490 e. The van der Waals surface area contributed by atoms with Crippen LogP contribution in [0.4, 0.5) is 5.69 Å². The van der Waals surface area contributed by atoms with Gasteiger partial charge in [-0.15, -0.1) is 0 Å². The molecule has 6 heteroatoms. The molecule has 2 N–H and O–H groups in total. The fourth-order valence-electron chi connectivity index (χ4n) is 4.45. The number of aromatic carboxylic acids is 1. The van der Waals surface area contributed by atoms with E-state index in [0.29, 0.717) is 23.3 Å². The van der Waals surface area contributed by atoms with Crippen LogP contribution in [-0.2, 0) is 11.2 Å². The predicted octanol–water partition coefficient (Wildman–Crippen LogP) is 7.16. The number of carboxylic acid groups (broad SMARTS) is 1. The van der Waals surface area contributed by atoms with Gasteiger partial charge in [0.1, 0.15) is 17.2 Å². The van der Waals surface area contributed by atoms with Crippen LogP contribution in [0.3, 0.4) is 0 Å². The highest BCUT2D eigenvalue weighted by Crippen LogP contribution is 2.27. The van der Waals surface area contributed by atoms with E-state index in [1.165, 1.54) is 32.1 Å². The molecule has 1 fully saturated rings. The van der Waals surface area contributed by atoms with E-state index in [-0.39, 0.29) is 17.9 Å². The van der Waals surface area contributed by atoms with Crippen molar-refractivity contribution < 1.29 is 24.2 Å². The first-order valence-electron chi connectivity index (χ1n) is 12.6. The van der Waals surface area contributed by atoms with E-state index >= 15 is 0 Å². The standard InChI is InChI=1S/C30H33NO5/c1-21-9-18-28(27(19-21)30(33)34)31-29(32)20-22-10-12-24(13-11-22)36-26-16-14-25(15-17-26)35-23-7-5-3-2-4-6-8-23/h9-19,23H,2-8,20H2,1H3,(H,31,32)(H,33,34). The highest BCUT2D eigenvalue weighted by atomic mass is 16.5. The summed E-state index contributed by atoms with van der Waals surface area (Å²) in [5.41, 5.74) is 1.98. The number of benzene rings is 3. The summed E-state index contributed by atoms with van der Waals surface area (Å²) in [5.74, 6) is 0.893. The lowest BCUT2D eigenvalue weighted by atomic mass is 9.98. The van der Waals surface area contributed by atoms with Crippen LogP contribution in [0.15, 0.2) is 66.7 Å². The van der Waals surface area contributed by atoms with Crippen molar-refractivity contribution in [2.24, 2.45) is 0 Å². The average molecular weight is 488 g/mol. The second kappa shape index (κ2) is 12.2. The van der Waals surface area contributed by atoms with Crippen LogP contribution in [0, 0.1) is 6.92 Å². The number of ether oxygens (including phenoxy) is 2. The summed E-state index contributed by atoms with van der Waals surface area (Å²) in [6.07, 6.45) is 9.07. The molecule has 0 unspecified atom stereocenters. The minimum atomic E-state index is -1.07. The van der Waals surface area contributed by atoms with Gasteiger partial charge in [-0.25, -0.2) is 4.79 Å². The SMILES string of the molecule is Cc1ccc(NC(=O)Cc2ccc(Oc3ccc(OC4CCCCCCC4)cc3)cc2)c(C(=O)O)c1. The lowest BCUT2D eigenvalue weighted by molar-refractivity contribution is -0.115. The van der Waals surface area contributed by atoms with Crippen molar-refractivity contribution in [3.63, 3.8) is 0 Å². The lowest BCUT2D eigenvalue weighted by Gasteiger charge is -2.21. The summed E-state index contributed by atoms with van der Waals surface area (Å²) in [5, 5.41) is 12.1. The van der Waals surface area contributed by atoms with Crippen molar-refractivity contribution in [2.75, 3.05) is 5.32 Å². The molecule has 36 heavy (non-hydrogen) atoms. The van der Waals surface area contributed by atoms with E-state index < -0.39 is 5.97 Å². The number of carboxylic acids is 1. The molecule has 0 heterocycles. The Morgan fingerprint density at radius 1 is 0.833 bits per heavy atom. The molecule has 3 aromatic carbocycles. The summed E-state index contributed by atoms with van der Waals surface area (Å²) in [4.78, 5) is 23.9. The topological polar surface area (TPSA) is 84.9 Å². The molecular weight excluding hydrogens is 454 g/mol. The first kappa shape index (κ1) is 25.3. The number of carbonyl (C=O) groups is 2. The summed E-state index contributed by atoms with van der Waals surface area (Å²) in [6, 6.07) is 19.9.